The summed E-state index contributed by atoms with van der Waals surface area (Å²) in [5, 5.41) is 5.21. The monoisotopic (exact) mass is 417 g/mol. The van der Waals surface area contributed by atoms with Crippen molar-refractivity contribution in [2.24, 2.45) is 0 Å². The molecule has 1 atom stereocenters. The molecule has 3 rings (SSSR count). The van der Waals surface area contributed by atoms with Crippen LogP contribution >= 0.6 is 0 Å². The Kier molecular flexibility index (Phi) is 7.11. The Balaban J connectivity index is 1.77. The third kappa shape index (κ3) is 5.99. The van der Waals surface area contributed by atoms with Crippen molar-refractivity contribution in [1.29, 1.82) is 0 Å². The lowest BCUT2D eigenvalue weighted by atomic mass is 10.0. The molecule has 0 spiro atoms. The maximum Gasteiger partial charge on any atom is 0.289 e. The Labute approximate surface area is 179 Å². The van der Waals surface area contributed by atoms with Gasteiger partial charge in [-0.05, 0) is 23.6 Å². The van der Waals surface area contributed by atoms with Crippen molar-refractivity contribution in [3.05, 3.63) is 106 Å². The highest BCUT2D eigenvalue weighted by atomic mass is 16.2. The molecule has 0 unspecified atom stereocenters. The Bertz CT molecular complexity index is 1120. The van der Waals surface area contributed by atoms with Gasteiger partial charge in [0.15, 0.2) is 0 Å². The van der Waals surface area contributed by atoms with E-state index in [0.717, 1.165) is 11.1 Å². The van der Waals surface area contributed by atoms with Gasteiger partial charge in [-0.3, -0.25) is 19.2 Å². The number of hydrogen-bond donors (Lipinski definition) is 3. The lowest BCUT2D eigenvalue weighted by Crippen LogP contribution is -2.49. The van der Waals surface area contributed by atoms with Crippen LogP contribution in [0, 0.1) is 6.92 Å². The molecule has 31 heavy (non-hydrogen) atoms. The molecule has 0 aliphatic carbocycles. The highest BCUT2D eigenvalue weighted by Gasteiger charge is 2.28. The van der Waals surface area contributed by atoms with Crippen LogP contribution in [0.2, 0.25) is 0 Å². The molecule has 0 saturated carbocycles. The van der Waals surface area contributed by atoms with Gasteiger partial charge < -0.3 is 15.6 Å². The smallest absolute Gasteiger partial charge is 0.289 e. The number of aromatic amines is 1. The Morgan fingerprint density at radius 2 is 1.48 bits per heavy atom. The van der Waals surface area contributed by atoms with Crippen molar-refractivity contribution < 1.29 is 14.4 Å². The van der Waals surface area contributed by atoms with Gasteiger partial charge >= 0.3 is 0 Å². The van der Waals surface area contributed by atoms with Gasteiger partial charge in [-0.2, -0.15) is 0 Å². The number of rotatable bonds is 8. The molecule has 158 valence electrons. The van der Waals surface area contributed by atoms with E-state index in [1.165, 1.54) is 12.1 Å². The van der Waals surface area contributed by atoms with Gasteiger partial charge in [-0.25, -0.2) is 0 Å². The summed E-state index contributed by atoms with van der Waals surface area (Å²) in [7, 11) is 0. The number of amides is 2. The third-order valence-corrected chi connectivity index (χ3v) is 4.78. The molecular formula is C24H23N3O4. The molecule has 1 heterocycles. The van der Waals surface area contributed by atoms with Gasteiger partial charge in [0.05, 0.1) is 0 Å². The number of aryl methyl sites for hydroxylation is 1. The summed E-state index contributed by atoms with van der Waals surface area (Å²) < 4.78 is 0. The lowest BCUT2D eigenvalue weighted by Gasteiger charge is -2.18. The molecule has 3 N–H and O–H groups in total. The molecule has 2 amide bonds. The second kappa shape index (κ2) is 10.2. The van der Waals surface area contributed by atoms with E-state index in [1.54, 1.807) is 6.92 Å². The van der Waals surface area contributed by atoms with E-state index < -0.39 is 29.2 Å². The third-order valence-electron chi connectivity index (χ3n) is 4.78. The summed E-state index contributed by atoms with van der Waals surface area (Å²) in [5.41, 5.74) is 1.82. The number of pyridine rings is 1. The number of benzene rings is 2. The van der Waals surface area contributed by atoms with Gasteiger partial charge in [0, 0.05) is 19.0 Å². The molecule has 0 radical (unpaired) electrons. The number of ketones is 1. The average Bonchev–Trinajstić information content (AvgIpc) is 2.79. The summed E-state index contributed by atoms with van der Waals surface area (Å²) in [5.74, 6) is -2.17. The first-order valence-corrected chi connectivity index (χ1v) is 9.84. The number of nitrogens with one attached hydrogen (secondary N) is 3. The minimum absolute atomic E-state index is 0.0584. The Hall–Kier alpha value is -4.00. The SMILES string of the molecule is Cc1ccc(=O)[nH]c1C(=O)N[C@@H](Cc1ccccc1)C(=O)C(=O)NCc1ccccc1. The van der Waals surface area contributed by atoms with Gasteiger partial charge in [-0.15, -0.1) is 0 Å². The molecule has 0 saturated heterocycles. The fourth-order valence-corrected chi connectivity index (χ4v) is 3.10. The first-order chi connectivity index (χ1) is 14.9. The Morgan fingerprint density at radius 1 is 0.871 bits per heavy atom. The van der Waals surface area contributed by atoms with E-state index >= 15 is 0 Å². The van der Waals surface area contributed by atoms with Gasteiger partial charge in [-0.1, -0.05) is 66.7 Å². The van der Waals surface area contributed by atoms with Gasteiger partial charge in [0.25, 0.3) is 11.8 Å². The highest BCUT2D eigenvalue weighted by molar-refractivity contribution is 6.38. The topological polar surface area (TPSA) is 108 Å². The zero-order valence-corrected chi connectivity index (χ0v) is 17.1. The maximum absolute atomic E-state index is 12.9. The quantitative estimate of drug-likeness (QED) is 0.487. The molecule has 2 aromatic carbocycles. The van der Waals surface area contributed by atoms with E-state index in [-0.39, 0.29) is 18.7 Å². The van der Waals surface area contributed by atoms with Crippen LogP contribution in [-0.2, 0) is 22.6 Å². The highest BCUT2D eigenvalue weighted by Crippen LogP contribution is 2.07. The molecule has 7 nitrogen and oxygen atoms in total. The second-order valence-electron chi connectivity index (χ2n) is 7.13. The molecule has 0 fully saturated rings. The normalized spacial score (nSPS) is 11.4. The minimum atomic E-state index is -1.09. The first kappa shape index (κ1) is 21.7. The zero-order valence-electron chi connectivity index (χ0n) is 17.1. The summed E-state index contributed by atoms with van der Waals surface area (Å²) in [6, 6.07) is 20.0. The molecule has 0 aliphatic heterocycles. The van der Waals surface area contributed by atoms with Crippen LogP contribution in [0.25, 0.3) is 0 Å². The van der Waals surface area contributed by atoms with Gasteiger partial charge in [0.2, 0.25) is 11.3 Å². The largest absolute Gasteiger partial charge is 0.345 e. The Morgan fingerprint density at radius 3 is 2.13 bits per heavy atom. The van der Waals surface area contributed by atoms with Crippen LogP contribution < -0.4 is 16.2 Å². The fourth-order valence-electron chi connectivity index (χ4n) is 3.10. The van der Waals surface area contributed by atoms with Crippen molar-refractivity contribution in [3.8, 4) is 0 Å². The van der Waals surface area contributed by atoms with Crippen molar-refractivity contribution >= 4 is 17.6 Å². The fraction of sp³-hybridized carbons (Fsp3) is 0.167. The van der Waals surface area contributed by atoms with E-state index in [0.29, 0.717) is 5.56 Å². The second-order valence-corrected chi connectivity index (χ2v) is 7.13. The first-order valence-electron chi connectivity index (χ1n) is 9.84. The maximum atomic E-state index is 12.9. The standard InChI is InChI=1S/C24H23N3O4/c1-16-12-13-20(28)27-21(16)23(30)26-19(14-17-8-4-2-5-9-17)22(29)24(31)25-15-18-10-6-3-7-11-18/h2-13,19H,14-15H2,1H3,(H,25,31)(H,26,30)(H,27,28)/t19-/m0/s1. The number of hydrogen-bond acceptors (Lipinski definition) is 4. The van der Waals surface area contributed by atoms with E-state index in [1.807, 2.05) is 60.7 Å². The predicted octanol–water partition coefficient (Wildman–Crippen LogP) is 1.91. The van der Waals surface area contributed by atoms with Crippen LogP contribution in [0.15, 0.2) is 77.6 Å². The van der Waals surface area contributed by atoms with Crippen LogP contribution in [0.3, 0.4) is 0 Å². The van der Waals surface area contributed by atoms with E-state index in [9.17, 15) is 19.2 Å². The number of H-pyrrole nitrogens is 1. The summed E-state index contributed by atoms with van der Waals surface area (Å²) in [6.45, 7) is 1.87. The molecule has 7 heteroatoms. The van der Waals surface area contributed by atoms with Crippen LogP contribution in [0.1, 0.15) is 27.2 Å². The van der Waals surface area contributed by atoms with E-state index in [2.05, 4.69) is 15.6 Å². The molecule has 0 aliphatic rings. The average molecular weight is 417 g/mol. The van der Waals surface area contributed by atoms with Crippen LogP contribution in [0.4, 0.5) is 0 Å². The number of Topliss-reactive ketones (excluding diaryl/α,β-unsaturated/α-hetero) is 1. The molecule has 1 aromatic heterocycles. The minimum Gasteiger partial charge on any atom is -0.345 e. The lowest BCUT2D eigenvalue weighted by molar-refractivity contribution is -0.139. The molecule has 0 bridgehead atoms. The summed E-state index contributed by atoms with van der Waals surface area (Å²) >= 11 is 0. The van der Waals surface area contributed by atoms with Crippen LogP contribution in [0.5, 0.6) is 0 Å². The predicted molar refractivity (Wildman–Crippen MR) is 116 cm³/mol. The molecule has 3 aromatic rings. The molecular weight excluding hydrogens is 394 g/mol. The number of carbonyl (C=O) groups is 3. The van der Waals surface area contributed by atoms with Gasteiger partial charge in [0.1, 0.15) is 11.7 Å². The number of aromatic nitrogens is 1. The summed E-state index contributed by atoms with van der Waals surface area (Å²) in [4.78, 5) is 52.3. The van der Waals surface area contributed by atoms with Crippen molar-refractivity contribution in [1.82, 2.24) is 15.6 Å². The van der Waals surface area contributed by atoms with Crippen molar-refractivity contribution in [2.75, 3.05) is 0 Å². The van der Waals surface area contributed by atoms with E-state index in [4.69, 9.17) is 0 Å². The summed E-state index contributed by atoms with van der Waals surface area (Å²) in [6.07, 6.45) is 0.139. The number of carbonyl (C=O) groups excluding carboxylic acids is 3. The van der Waals surface area contributed by atoms with Crippen molar-refractivity contribution in [2.45, 2.75) is 25.9 Å². The van der Waals surface area contributed by atoms with Crippen molar-refractivity contribution in [3.63, 3.8) is 0 Å². The zero-order chi connectivity index (χ0) is 22.2. The van der Waals surface area contributed by atoms with Crippen LogP contribution in [-0.4, -0.2) is 28.6 Å².